The van der Waals surface area contributed by atoms with E-state index in [-0.39, 0.29) is 18.6 Å². The van der Waals surface area contributed by atoms with Gasteiger partial charge in [0.05, 0.1) is 0 Å². The summed E-state index contributed by atoms with van der Waals surface area (Å²) >= 11 is 0. The average molecular weight is 408 g/mol. The summed E-state index contributed by atoms with van der Waals surface area (Å²) in [5.74, 6) is -0.553. The molecule has 0 aliphatic heterocycles. The van der Waals surface area contributed by atoms with E-state index in [0.29, 0.717) is 31.6 Å². The number of aliphatic hydroxyl groups is 1. The maximum atomic E-state index is 12.7. The van der Waals surface area contributed by atoms with Gasteiger partial charge in [-0.1, -0.05) is 25.3 Å². The van der Waals surface area contributed by atoms with Gasteiger partial charge in [0.25, 0.3) is 0 Å². The fourth-order valence-corrected chi connectivity index (χ4v) is 3.37. The summed E-state index contributed by atoms with van der Waals surface area (Å²) in [6, 6.07) is 2.63. The molecular weight excluding hydrogens is 374 g/mol. The van der Waals surface area contributed by atoms with Crippen molar-refractivity contribution in [1.82, 2.24) is 15.6 Å². The minimum absolute atomic E-state index is 0.0449. The number of rotatable bonds is 12. The van der Waals surface area contributed by atoms with Crippen LogP contribution >= 0.6 is 0 Å². The molecule has 2 atom stereocenters. The van der Waals surface area contributed by atoms with Gasteiger partial charge in [-0.2, -0.15) is 0 Å². The van der Waals surface area contributed by atoms with Crippen LogP contribution in [0, 0.1) is 5.92 Å². The minimum Gasteiger partial charge on any atom is -0.369 e. The highest BCUT2D eigenvalue weighted by atomic mass is 16.7. The van der Waals surface area contributed by atoms with Crippen molar-refractivity contribution < 1.29 is 24.2 Å². The summed E-state index contributed by atoms with van der Waals surface area (Å²) < 4.78 is 10.5. The summed E-state index contributed by atoms with van der Waals surface area (Å²) in [5.41, 5.74) is 0.484. The molecule has 0 bridgehead atoms. The van der Waals surface area contributed by atoms with Crippen LogP contribution in [0.1, 0.15) is 63.7 Å². The fourth-order valence-electron chi connectivity index (χ4n) is 3.37. The standard InChI is InChI=1S/C21H33N3O5/c1-2-28-15-29-13-7-11-18(23-19(25)16-8-4-3-5-9-16)21(27)24-20(26)17-10-6-12-22-14-17/h6,10,12,14,16,18,20,26H,2-5,7-9,11,13,15H2,1H3,(H,23,25)(H,24,27)/t18-,20?/m0/s1. The molecule has 1 heterocycles. The summed E-state index contributed by atoms with van der Waals surface area (Å²) in [4.78, 5) is 29.3. The van der Waals surface area contributed by atoms with Crippen LogP contribution in [0.3, 0.4) is 0 Å². The number of hydrogen-bond acceptors (Lipinski definition) is 6. The third kappa shape index (κ3) is 8.47. The third-order valence-corrected chi connectivity index (χ3v) is 5.04. The number of hydrogen-bond donors (Lipinski definition) is 3. The van der Waals surface area contributed by atoms with Crippen molar-refractivity contribution in [3.05, 3.63) is 30.1 Å². The highest BCUT2D eigenvalue weighted by molar-refractivity contribution is 5.88. The second kappa shape index (κ2) is 13.2. The Morgan fingerprint density at radius 2 is 2.03 bits per heavy atom. The van der Waals surface area contributed by atoms with E-state index < -0.39 is 18.2 Å². The van der Waals surface area contributed by atoms with Crippen molar-refractivity contribution in [2.75, 3.05) is 20.0 Å². The number of amides is 2. The number of carbonyl (C=O) groups excluding carboxylic acids is 2. The van der Waals surface area contributed by atoms with E-state index in [4.69, 9.17) is 9.47 Å². The van der Waals surface area contributed by atoms with E-state index in [1.165, 1.54) is 6.20 Å². The van der Waals surface area contributed by atoms with Crippen LogP contribution in [0.25, 0.3) is 0 Å². The predicted octanol–water partition coefficient (Wildman–Crippen LogP) is 2.04. The van der Waals surface area contributed by atoms with E-state index in [0.717, 1.165) is 32.1 Å². The Hall–Kier alpha value is -2.03. The molecule has 8 nitrogen and oxygen atoms in total. The normalized spacial score (nSPS) is 16.8. The van der Waals surface area contributed by atoms with E-state index in [9.17, 15) is 14.7 Å². The molecule has 1 aliphatic rings. The zero-order valence-electron chi connectivity index (χ0n) is 17.1. The second-order valence-electron chi connectivity index (χ2n) is 7.25. The average Bonchev–Trinajstić information content (AvgIpc) is 2.76. The van der Waals surface area contributed by atoms with Gasteiger partial charge in [0.1, 0.15) is 12.8 Å². The largest absolute Gasteiger partial charge is 0.369 e. The zero-order chi connectivity index (χ0) is 20.9. The molecule has 0 radical (unpaired) electrons. The second-order valence-corrected chi connectivity index (χ2v) is 7.25. The molecule has 1 unspecified atom stereocenters. The minimum atomic E-state index is -1.18. The van der Waals surface area contributed by atoms with E-state index in [2.05, 4.69) is 15.6 Å². The third-order valence-electron chi connectivity index (χ3n) is 5.04. The van der Waals surface area contributed by atoms with Gasteiger partial charge in [0, 0.05) is 37.1 Å². The van der Waals surface area contributed by atoms with Crippen molar-refractivity contribution in [3.8, 4) is 0 Å². The number of nitrogens with zero attached hydrogens (tertiary/aromatic N) is 1. The fraction of sp³-hybridized carbons (Fsp3) is 0.667. The molecule has 1 aromatic rings. The molecule has 1 fully saturated rings. The van der Waals surface area contributed by atoms with Crippen LogP contribution in [-0.2, 0) is 19.1 Å². The van der Waals surface area contributed by atoms with E-state index in [1.54, 1.807) is 18.3 Å². The number of aromatic nitrogens is 1. The summed E-state index contributed by atoms with van der Waals surface area (Å²) in [6.07, 6.45) is 7.85. The number of pyridine rings is 1. The van der Waals surface area contributed by atoms with Gasteiger partial charge in [-0.3, -0.25) is 14.6 Å². The first-order valence-electron chi connectivity index (χ1n) is 10.5. The van der Waals surface area contributed by atoms with Crippen LogP contribution in [0.4, 0.5) is 0 Å². The highest BCUT2D eigenvalue weighted by Crippen LogP contribution is 2.24. The monoisotopic (exact) mass is 407 g/mol. The lowest BCUT2D eigenvalue weighted by Crippen LogP contribution is -2.49. The maximum Gasteiger partial charge on any atom is 0.244 e. The predicted molar refractivity (Wildman–Crippen MR) is 108 cm³/mol. The van der Waals surface area contributed by atoms with Crippen molar-refractivity contribution >= 4 is 11.8 Å². The Morgan fingerprint density at radius 1 is 1.24 bits per heavy atom. The molecule has 8 heteroatoms. The topological polar surface area (TPSA) is 110 Å². The van der Waals surface area contributed by atoms with E-state index in [1.807, 2.05) is 6.92 Å². The van der Waals surface area contributed by atoms with Gasteiger partial charge in [-0.25, -0.2) is 0 Å². The molecular formula is C21H33N3O5. The Morgan fingerprint density at radius 3 is 2.72 bits per heavy atom. The number of nitrogens with one attached hydrogen (secondary N) is 2. The smallest absolute Gasteiger partial charge is 0.244 e. The van der Waals surface area contributed by atoms with Crippen LogP contribution in [0.2, 0.25) is 0 Å². The van der Waals surface area contributed by atoms with Crippen LogP contribution in [-0.4, -0.2) is 48.0 Å². The van der Waals surface area contributed by atoms with Crippen LogP contribution < -0.4 is 10.6 Å². The van der Waals surface area contributed by atoms with Crippen LogP contribution in [0.5, 0.6) is 0 Å². The molecule has 0 spiro atoms. The molecule has 0 aromatic carbocycles. The molecule has 1 aliphatic carbocycles. The molecule has 29 heavy (non-hydrogen) atoms. The molecule has 3 N–H and O–H groups in total. The first kappa shape index (κ1) is 23.3. The Bertz CT molecular complexity index is 608. The lowest BCUT2D eigenvalue weighted by Gasteiger charge is -2.25. The highest BCUT2D eigenvalue weighted by Gasteiger charge is 2.27. The van der Waals surface area contributed by atoms with Crippen molar-refractivity contribution in [2.45, 2.75) is 64.1 Å². The van der Waals surface area contributed by atoms with Crippen molar-refractivity contribution in [3.63, 3.8) is 0 Å². The maximum absolute atomic E-state index is 12.7. The SMILES string of the molecule is CCOCOCCC[C@H](NC(=O)C1CCCCC1)C(=O)NC(O)c1cccnc1. The van der Waals surface area contributed by atoms with Gasteiger partial charge >= 0.3 is 0 Å². The van der Waals surface area contributed by atoms with E-state index >= 15 is 0 Å². The van der Waals surface area contributed by atoms with Gasteiger partial charge in [0.2, 0.25) is 11.8 Å². The zero-order valence-corrected chi connectivity index (χ0v) is 17.1. The first-order valence-corrected chi connectivity index (χ1v) is 10.5. The van der Waals surface area contributed by atoms with Gasteiger partial charge in [0.15, 0.2) is 6.23 Å². The quantitative estimate of drug-likeness (QED) is 0.361. The Kier molecular flexibility index (Phi) is 10.6. The Balaban J connectivity index is 1.90. The van der Waals surface area contributed by atoms with Crippen molar-refractivity contribution in [2.24, 2.45) is 5.92 Å². The summed E-state index contributed by atoms with van der Waals surface area (Å²) in [6.45, 7) is 3.10. The molecule has 162 valence electrons. The lowest BCUT2D eigenvalue weighted by atomic mass is 9.88. The molecule has 2 amide bonds. The molecule has 1 saturated carbocycles. The van der Waals surface area contributed by atoms with Gasteiger partial charge in [-0.05, 0) is 38.7 Å². The van der Waals surface area contributed by atoms with Gasteiger partial charge < -0.3 is 25.2 Å². The number of aliphatic hydroxyl groups excluding tert-OH is 1. The first-order chi connectivity index (χ1) is 14.1. The summed E-state index contributed by atoms with van der Waals surface area (Å²) in [7, 11) is 0. The Labute approximate surface area is 172 Å². The van der Waals surface area contributed by atoms with Crippen molar-refractivity contribution in [1.29, 1.82) is 0 Å². The molecule has 2 rings (SSSR count). The summed E-state index contributed by atoms with van der Waals surface area (Å²) in [5, 5.41) is 15.7. The number of ether oxygens (including phenoxy) is 2. The molecule has 1 aromatic heterocycles. The van der Waals surface area contributed by atoms with Crippen LogP contribution in [0.15, 0.2) is 24.5 Å². The van der Waals surface area contributed by atoms with Gasteiger partial charge in [-0.15, -0.1) is 0 Å². The molecule has 0 saturated heterocycles. The number of carbonyl (C=O) groups is 2. The lowest BCUT2D eigenvalue weighted by molar-refractivity contribution is -0.133.